The largest absolute Gasteiger partial charge is 0.473 e. The lowest BCUT2D eigenvalue weighted by molar-refractivity contribution is 0.0256. The second-order valence-electron chi connectivity index (χ2n) is 8.13. The molecule has 148 valence electrons. The van der Waals surface area contributed by atoms with Gasteiger partial charge in [0.2, 0.25) is 0 Å². The molecule has 3 saturated heterocycles. The molecule has 1 aromatic rings. The van der Waals surface area contributed by atoms with Crippen molar-refractivity contribution in [3.63, 3.8) is 0 Å². The van der Waals surface area contributed by atoms with E-state index in [1.54, 1.807) is 11.1 Å². The molecule has 0 aliphatic carbocycles. The number of hydrogen-bond acceptors (Lipinski definition) is 3. The van der Waals surface area contributed by atoms with Crippen LogP contribution in [0.4, 0.5) is 4.79 Å². The topological polar surface area (TPSA) is 44.8 Å². The third-order valence-corrected chi connectivity index (χ3v) is 6.40. The maximum absolute atomic E-state index is 12.9. The Labute approximate surface area is 171 Å². The lowest BCUT2D eigenvalue weighted by Gasteiger charge is -2.50. The minimum atomic E-state index is -0.171. The highest BCUT2D eigenvalue weighted by Crippen LogP contribution is 2.32. The molecular formula is C24H25N3O2. The van der Waals surface area contributed by atoms with Crippen molar-refractivity contribution in [1.82, 2.24) is 15.1 Å². The highest BCUT2D eigenvalue weighted by atomic mass is 16.5. The van der Waals surface area contributed by atoms with Crippen molar-refractivity contribution in [3.05, 3.63) is 71.8 Å². The smallest absolute Gasteiger partial charge is 0.325 e. The van der Waals surface area contributed by atoms with Gasteiger partial charge in [-0.05, 0) is 69.0 Å². The number of piperidine rings is 3. The molecule has 1 aromatic carbocycles. The zero-order valence-electron chi connectivity index (χ0n) is 16.5. The summed E-state index contributed by atoms with van der Waals surface area (Å²) in [4.78, 5) is 17.0. The van der Waals surface area contributed by atoms with Gasteiger partial charge in [-0.15, -0.1) is 0 Å². The van der Waals surface area contributed by atoms with Gasteiger partial charge in [0.1, 0.15) is 6.10 Å². The maximum Gasteiger partial charge on any atom is 0.325 e. The van der Waals surface area contributed by atoms with Gasteiger partial charge in [0.15, 0.2) is 5.76 Å². The Kier molecular flexibility index (Phi) is 4.65. The first kappa shape index (κ1) is 18.1. The van der Waals surface area contributed by atoms with Crippen LogP contribution in [-0.4, -0.2) is 47.1 Å². The first-order valence-corrected chi connectivity index (χ1v) is 10.4. The van der Waals surface area contributed by atoms with Crippen LogP contribution in [0.5, 0.6) is 0 Å². The molecule has 1 unspecified atom stereocenters. The molecule has 2 bridgehead atoms. The average Bonchev–Trinajstić information content (AvgIpc) is 3.18. The van der Waals surface area contributed by atoms with E-state index in [2.05, 4.69) is 29.0 Å². The van der Waals surface area contributed by atoms with Crippen molar-refractivity contribution in [3.8, 4) is 11.8 Å². The van der Waals surface area contributed by atoms with Crippen LogP contribution in [0.3, 0.4) is 0 Å². The molecule has 6 rings (SSSR count). The quantitative estimate of drug-likeness (QED) is 0.753. The van der Waals surface area contributed by atoms with Gasteiger partial charge in [0.05, 0.1) is 0 Å². The van der Waals surface area contributed by atoms with Crippen molar-refractivity contribution in [2.24, 2.45) is 5.92 Å². The number of benzene rings is 1. The number of carbonyl (C=O) groups excluding carboxylic acids is 1. The van der Waals surface area contributed by atoms with Gasteiger partial charge < -0.3 is 10.1 Å². The van der Waals surface area contributed by atoms with Gasteiger partial charge in [-0.1, -0.05) is 24.1 Å². The van der Waals surface area contributed by atoms with Crippen LogP contribution in [-0.2, 0) is 4.74 Å². The Morgan fingerprint density at radius 2 is 1.97 bits per heavy atom. The van der Waals surface area contributed by atoms with Crippen LogP contribution in [0, 0.1) is 17.8 Å². The summed E-state index contributed by atoms with van der Waals surface area (Å²) in [5.74, 6) is 7.40. The molecule has 5 heteroatoms. The Morgan fingerprint density at radius 3 is 2.72 bits per heavy atom. The summed E-state index contributed by atoms with van der Waals surface area (Å²) in [6.07, 6.45) is 9.64. The molecule has 0 saturated carbocycles. The molecule has 5 aliphatic heterocycles. The minimum Gasteiger partial charge on any atom is -0.473 e. The van der Waals surface area contributed by atoms with Crippen LogP contribution in [0.1, 0.15) is 25.3 Å². The third kappa shape index (κ3) is 3.56. The number of rotatable bonds is 1. The first-order valence-electron chi connectivity index (χ1n) is 10.4. The van der Waals surface area contributed by atoms with E-state index in [-0.39, 0.29) is 18.2 Å². The standard InChI is InChI=1S/C24H25N3O2/c1-17-23(19-9-12-26(17)13-10-19)25-24(28)27-14-11-22-20(16-27)15-21(29-22)8-7-18-5-3-2-4-6-18/h2-6,11,14-17,19,22-23H,9-10,12-13H2,1H3,(H,25,28)/t17-,22?,23-/m0/s1. The van der Waals surface area contributed by atoms with Crippen molar-refractivity contribution < 1.29 is 9.53 Å². The second-order valence-corrected chi connectivity index (χ2v) is 8.13. The van der Waals surface area contributed by atoms with Gasteiger partial charge in [-0.25, -0.2) is 4.79 Å². The van der Waals surface area contributed by atoms with E-state index in [4.69, 9.17) is 4.74 Å². The number of ether oxygens (including phenoxy) is 1. The number of urea groups is 1. The van der Waals surface area contributed by atoms with E-state index in [0.29, 0.717) is 17.7 Å². The highest BCUT2D eigenvalue weighted by molar-refractivity contribution is 5.77. The zero-order valence-corrected chi connectivity index (χ0v) is 16.5. The summed E-state index contributed by atoms with van der Waals surface area (Å²) in [7, 11) is 0. The zero-order chi connectivity index (χ0) is 19.8. The van der Waals surface area contributed by atoms with E-state index < -0.39 is 0 Å². The fraction of sp³-hybridized carbons (Fsp3) is 0.375. The summed E-state index contributed by atoms with van der Waals surface area (Å²) in [5, 5.41) is 3.27. The van der Waals surface area contributed by atoms with E-state index in [1.807, 2.05) is 48.7 Å². The summed E-state index contributed by atoms with van der Waals surface area (Å²) < 4.78 is 5.89. The monoisotopic (exact) mass is 387 g/mol. The van der Waals surface area contributed by atoms with Crippen molar-refractivity contribution in [2.45, 2.75) is 38.0 Å². The predicted octanol–water partition coefficient (Wildman–Crippen LogP) is 3.23. The molecule has 3 fully saturated rings. The van der Waals surface area contributed by atoms with Gasteiger partial charge >= 0.3 is 6.03 Å². The fourth-order valence-corrected chi connectivity index (χ4v) is 4.72. The van der Waals surface area contributed by atoms with E-state index in [9.17, 15) is 4.79 Å². The van der Waals surface area contributed by atoms with E-state index in [0.717, 1.165) is 24.2 Å². The molecule has 0 radical (unpaired) electrons. The molecule has 0 aromatic heterocycles. The Bertz CT molecular complexity index is 943. The SMILES string of the molecule is C[C@H]1[C@H](NC(=O)N2C=CC3OC(C#Cc4ccccc4)=CC3=C2)C2CCN1CC2. The number of fused-ring (bicyclic) bond motifs is 4. The lowest BCUT2D eigenvalue weighted by Crippen LogP contribution is -2.63. The normalized spacial score (nSPS) is 31.8. The summed E-state index contributed by atoms with van der Waals surface area (Å²) in [6, 6.07) is 10.4. The predicted molar refractivity (Wildman–Crippen MR) is 111 cm³/mol. The molecule has 3 atom stereocenters. The highest BCUT2D eigenvalue weighted by Gasteiger charge is 2.41. The number of nitrogens with zero attached hydrogens (tertiary/aromatic N) is 2. The Morgan fingerprint density at radius 1 is 1.17 bits per heavy atom. The van der Waals surface area contributed by atoms with Crippen molar-refractivity contribution in [2.75, 3.05) is 13.1 Å². The van der Waals surface area contributed by atoms with E-state index in [1.165, 1.54) is 12.8 Å². The summed E-state index contributed by atoms with van der Waals surface area (Å²) in [6.45, 7) is 4.53. The van der Waals surface area contributed by atoms with E-state index >= 15 is 0 Å². The summed E-state index contributed by atoms with van der Waals surface area (Å²) in [5.41, 5.74) is 1.89. The number of nitrogens with one attached hydrogen (secondary N) is 1. The van der Waals surface area contributed by atoms with Gasteiger partial charge in [-0.3, -0.25) is 9.80 Å². The maximum atomic E-state index is 12.9. The molecule has 5 nitrogen and oxygen atoms in total. The van der Waals surface area contributed by atoms with Crippen molar-refractivity contribution >= 4 is 6.03 Å². The van der Waals surface area contributed by atoms with Gasteiger partial charge in [0.25, 0.3) is 0 Å². The van der Waals surface area contributed by atoms with Crippen LogP contribution >= 0.6 is 0 Å². The van der Waals surface area contributed by atoms with Gasteiger partial charge in [-0.2, -0.15) is 0 Å². The Hall–Kier alpha value is -2.97. The second kappa shape index (κ2) is 7.46. The molecular weight excluding hydrogens is 362 g/mol. The van der Waals surface area contributed by atoms with Gasteiger partial charge in [0, 0.05) is 35.6 Å². The number of amides is 2. The molecule has 2 amide bonds. The van der Waals surface area contributed by atoms with Crippen LogP contribution < -0.4 is 5.32 Å². The first-order chi connectivity index (χ1) is 14.2. The third-order valence-electron chi connectivity index (χ3n) is 6.40. The lowest BCUT2D eigenvalue weighted by atomic mass is 9.79. The number of allylic oxidation sites excluding steroid dienone is 1. The Balaban J connectivity index is 1.27. The van der Waals surface area contributed by atoms with Crippen LogP contribution in [0.25, 0.3) is 0 Å². The molecule has 0 spiro atoms. The average molecular weight is 387 g/mol. The molecule has 1 N–H and O–H groups in total. The van der Waals surface area contributed by atoms with Crippen LogP contribution in [0.2, 0.25) is 0 Å². The number of hydrogen-bond donors (Lipinski definition) is 1. The molecule has 5 aliphatic rings. The molecule has 29 heavy (non-hydrogen) atoms. The van der Waals surface area contributed by atoms with Crippen LogP contribution in [0.15, 0.2) is 66.2 Å². The summed E-state index contributed by atoms with van der Waals surface area (Å²) >= 11 is 0. The fourth-order valence-electron chi connectivity index (χ4n) is 4.72. The molecule has 5 heterocycles. The van der Waals surface area contributed by atoms with Crippen molar-refractivity contribution in [1.29, 1.82) is 0 Å². The number of carbonyl (C=O) groups is 1. The minimum absolute atomic E-state index is 0.0741.